The normalized spacial score (nSPS) is 12.4. The van der Waals surface area contributed by atoms with E-state index < -0.39 is 0 Å². The highest BCUT2D eigenvalue weighted by atomic mass is 79.9. The molecule has 1 unspecified atom stereocenters. The second-order valence-electron chi connectivity index (χ2n) is 4.79. The molecule has 0 saturated heterocycles. The number of halogens is 2. The highest BCUT2D eigenvalue weighted by Crippen LogP contribution is 2.27. The van der Waals surface area contributed by atoms with Crippen LogP contribution in [0.5, 0.6) is 5.75 Å². The molecular weight excluding hydrogens is 337 g/mol. The largest absolute Gasteiger partial charge is 0.494 e. The van der Waals surface area contributed by atoms with Crippen LogP contribution in [0.3, 0.4) is 0 Å². The van der Waals surface area contributed by atoms with E-state index >= 15 is 0 Å². The second-order valence-corrected chi connectivity index (χ2v) is 5.57. The van der Waals surface area contributed by atoms with Crippen LogP contribution in [0.15, 0.2) is 39.4 Å². The maximum Gasteiger partial charge on any atom is 0.169 e. The Kier molecular flexibility index (Phi) is 5.82. The van der Waals surface area contributed by atoms with Crippen LogP contribution in [0.2, 0.25) is 0 Å². The summed E-state index contributed by atoms with van der Waals surface area (Å²) < 4.78 is 25.6. The summed E-state index contributed by atoms with van der Waals surface area (Å²) in [6.07, 6.45) is 1.50. The smallest absolute Gasteiger partial charge is 0.169 e. The zero-order chi connectivity index (χ0) is 15.2. The average molecular weight is 356 g/mol. The van der Waals surface area contributed by atoms with Crippen LogP contribution in [0.4, 0.5) is 4.39 Å². The Hall–Kier alpha value is -1.33. The molecule has 0 radical (unpaired) electrons. The van der Waals surface area contributed by atoms with Crippen LogP contribution >= 0.6 is 15.9 Å². The van der Waals surface area contributed by atoms with Crippen molar-refractivity contribution in [2.24, 2.45) is 0 Å². The summed E-state index contributed by atoms with van der Waals surface area (Å²) in [6.45, 7) is 2.93. The zero-order valence-corrected chi connectivity index (χ0v) is 13.7. The molecule has 114 valence electrons. The molecule has 1 atom stereocenters. The lowest BCUT2D eigenvalue weighted by atomic mass is 10.0. The maximum absolute atomic E-state index is 14.3. The van der Waals surface area contributed by atoms with Crippen LogP contribution < -0.4 is 10.1 Å². The van der Waals surface area contributed by atoms with E-state index in [4.69, 9.17) is 9.15 Å². The second kappa shape index (κ2) is 7.61. The van der Waals surface area contributed by atoms with Crippen LogP contribution in [0.1, 0.15) is 30.7 Å². The molecule has 2 rings (SSSR count). The summed E-state index contributed by atoms with van der Waals surface area (Å²) in [7, 11) is 1.47. The van der Waals surface area contributed by atoms with Gasteiger partial charge in [-0.25, -0.2) is 4.39 Å². The van der Waals surface area contributed by atoms with E-state index in [9.17, 15) is 4.39 Å². The van der Waals surface area contributed by atoms with E-state index in [2.05, 4.69) is 28.2 Å². The van der Waals surface area contributed by atoms with Crippen molar-refractivity contribution in [1.29, 1.82) is 0 Å². The number of benzene rings is 1. The summed E-state index contributed by atoms with van der Waals surface area (Å²) in [5.41, 5.74) is 0.607. The highest BCUT2D eigenvalue weighted by molar-refractivity contribution is 9.10. The molecule has 0 bridgehead atoms. The summed E-state index contributed by atoms with van der Waals surface area (Å²) in [5.74, 6) is 0.744. The lowest BCUT2D eigenvalue weighted by Gasteiger charge is -2.17. The monoisotopic (exact) mass is 355 g/mol. The summed E-state index contributed by atoms with van der Waals surface area (Å²) in [5, 5.41) is 3.39. The number of methoxy groups -OCH3 is 1. The van der Waals surface area contributed by atoms with Crippen molar-refractivity contribution in [3.05, 3.63) is 52.1 Å². The van der Waals surface area contributed by atoms with Gasteiger partial charge in [-0.15, -0.1) is 0 Å². The lowest BCUT2D eigenvalue weighted by molar-refractivity contribution is 0.375. The molecule has 0 saturated carbocycles. The number of hydrogen-bond acceptors (Lipinski definition) is 3. The Morgan fingerprint density at radius 2 is 2.14 bits per heavy atom. The van der Waals surface area contributed by atoms with E-state index in [1.807, 2.05) is 12.1 Å². The SMILES string of the molecule is CCCNC(Cc1cccc(OC)c1F)c1ccc(Br)o1. The molecule has 1 aromatic heterocycles. The fourth-order valence-electron chi connectivity index (χ4n) is 2.20. The Balaban J connectivity index is 2.22. The van der Waals surface area contributed by atoms with E-state index in [-0.39, 0.29) is 17.6 Å². The van der Waals surface area contributed by atoms with Gasteiger partial charge < -0.3 is 14.5 Å². The van der Waals surface area contributed by atoms with Gasteiger partial charge in [0.2, 0.25) is 0 Å². The number of rotatable bonds is 7. The van der Waals surface area contributed by atoms with Crippen LogP contribution in [0, 0.1) is 5.82 Å². The third-order valence-electron chi connectivity index (χ3n) is 3.27. The Morgan fingerprint density at radius 1 is 1.33 bits per heavy atom. The zero-order valence-electron chi connectivity index (χ0n) is 12.2. The Labute approximate surface area is 132 Å². The molecule has 0 amide bonds. The molecular formula is C16H19BrFNO2. The molecule has 0 aliphatic rings. The first-order valence-electron chi connectivity index (χ1n) is 6.95. The maximum atomic E-state index is 14.3. The fraction of sp³-hybridized carbons (Fsp3) is 0.375. The quantitative estimate of drug-likeness (QED) is 0.795. The fourth-order valence-corrected chi connectivity index (χ4v) is 2.52. The number of ether oxygens (including phenoxy) is 1. The van der Waals surface area contributed by atoms with Gasteiger partial charge in [-0.05, 0) is 59.1 Å². The third-order valence-corrected chi connectivity index (χ3v) is 3.69. The molecule has 1 aromatic carbocycles. The van der Waals surface area contributed by atoms with Gasteiger partial charge in [0.15, 0.2) is 16.2 Å². The summed E-state index contributed by atoms with van der Waals surface area (Å²) in [4.78, 5) is 0. The van der Waals surface area contributed by atoms with Crippen molar-refractivity contribution in [1.82, 2.24) is 5.32 Å². The van der Waals surface area contributed by atoms with Crippen molar-refractivity contribution in [2.45, 2.75) is 25.8 Å². The molecule has 1 heterocycles. The highest BCUT2D eigenvalue weighted by Gasteiger charge is 2.18. The Bertz CT molecular complexity index is 585. The first-order valence-corrected chi connectivity index (χ1v) is 7.75. The van der Waals surface area contributed by atoms with Gasteiger partial charge >= 0.3 is 0 Å². The number of furan rings is 1. The van der Waals surface area contributed by atoms with Gasteiger partial charge in [0, 0.05) is 0 Å². The van der Waals surface area contributed by atoms with Crippen LogP contribution in [-0.2, 0) is 6.42 Å². The minimum Gasteiger partial charge on any atom is -0.494 e. The van der Waals surface area contributed by atoms with E-state index in [1.54, 1.807) is 18.2 Å². The Morgan fingerprint density at radius 3 is 2.76 bits per heavy atom. The van der Waals surface area contributed by atoms with Gasteiger partial charge in [0.1, 0.15) is 5.76 Å². The van der Waals surface area contributed by atoms with Crippen LogP contribution in [0.25, 0.3) is 0 Å². The minimum atomic E-state index is -0.311. The average Bonchev–Trinajstić information content (AvgIpc) is 2.91. The summed E-state index contributed by atoms with van der Waals surface area (Å²) >= 11 is 3.30. The van der Waals surface area contributed by atoms with Crippen molar-refractivity contribution >= 4 is 15.9 Å². The van der Waals surface area contributed by atoms with Crippen molar-refractivity contribution in [2.75, 3.05) is 13.7 Å². The minimum absolute atomic E-state index is 0.0714. The predicted molar refractivity (Wildman–Crippen MR) is 84.1 cm³/mol. The lowest BCUT2D eigenvalue weighted by Crippen LogP contribution is -2.24. The van der Waals surface area contributed by atoms with Crippen molar-refractivity contribution in [3.8, 4) is 5.75 Å². The molecule has 21 heavy (non-hydrogen) atoms. The molecule has 5 heteroatoms. The third kappa shape index (κ3) is 4.08. The molecule has 1 N–H and O–H groups in total. The first kappa shape index (κ1) is 16.0. The van der Waals surface area contributed by atoms with E-state index in [0.717, 1.165) is 18.7 Å². The summed E-state index contributed by atoms with van der Waals surface area (Å²) in [6, 6.07) is 8.87. The van der Waals surface area contributed by atoms with Gasteiger partial charge in [0.25, 0.3) is 0 Å². The molecule has 0 aliphatic carbocycles. The van der Waals surface area contributed by atoms with Gasteiger partial charge in [-0.1, -0.05) is 19.1 Å². The van der Waals surface area contributed by atoms with Crippen molar-refractivity contribution in [3.63, 3.8) is 0 Å². The first-order chi connectivity index (χ1) is 10.2. The van der Waals surface area contributed by atoms with E-state index in [1.165, 1.54) is 7.11 Å². The van der Waals surface area contributed by atoms with Crippen LogP contribution in [-0.4, -0.2) is 13.7 Å². The standard InChI is InChI=1S/C16H19BrFNO2/c1-3-9-19-12(13-7-8-15(17)21-13)10-11-5-4-6-14(20-2)16(11)18/h4-8,12,19H,3,9-10H2,1-2H3. The van der Waals surface area contributed by atoms with Gasteiger partial charge in [-0.2, -0.15) is 0 Å². The topological polar surface area (TPSA) is 34.4 Å². The van der Waals surface area contributed by atoms with Gasteiger partial charge in [0.05, 0.1) is 13.2 Å². The van der Waals surface area contributed by atoms with Gasteiger partial charge in [-0.3, -0.25) is 0 Å². The predicted octanol–water partition coefficient (Wildman–Crippen LogP) is 4.47. The molecule has 0 aliphatic heterocycles. The molecule has 0 spiro atoms. The molecule has 2 aromatic rings. The number of hydrogen-bond donors (Lipinski definition) is 1. The molecule has 3 nitrogen and oxygen atoms in total. The number of nitrogens with one attached hydrogen (secondary N) is 1. The molecule has 0 fully saturated rings. The van der Waals surface area contributed by atoms with E-state index in [0.29, 0.717) is 16.7 Å². The van der Waals surface area contributed by atoms with Crippen molar-refractivity contribution < 1.29 is 13.5 Å².